The van der Waals surface area contributed by atoms with Crippen LogP contribution in [0.15, 0.2) is 54.9 Å². The van der Waals surface area contributed by atoms with Crippen molar-refractivity contribution < 1.29 is 28.7 Å². The van der Waals surface area contributed by atoms with E-state index in [0.29, 0.717) is 0 Å². The molecule has 0 radical (unpaired) electrons. The molecule has 1 aromatic heterocycles. The van der Waals surface area contributed by atoms with Crippen LogP contribution in [-0.4, -0.2) is 61.8 Å². The minimum Gasteiger partial charge on any atom is -0.484 e. The summed E-state index contributed by atoms with van der Waals surface area (Å²) >= 11 is 0. The molecular formula is C23H18N6O6. The van der Waals surface area contributed by atoms with Crippen LogP contribution in [0.25, 0.3) is 5.69 Å². The Morgan fingerprint density at radius 2 is 1.83 bits per heavy atom. The van der Waals surface area contributed by atoms with Crippen molar-refractivity contribution >= 4 is 35.5 Å². The number of hydrogen-bond acceptors (Lipinski definition) is 8. The average Bonchev–Trinajstić information content (AvgIpc) is 3.41. The van der Waals surface area contributed by atoms with Crippen molar-refractivity contribution in [2.24, 2.45) is 0 Å². The number of fused-ring (bicyclic) bond motifs is 1. The van der Waals surface area contributed by atoms with Crippen LogP contribution in [0.4, 0.5) is 5.95 Å². The first-order chi connectivity index (χ1) is 16.9. The molecule has 2 aliphatic heterocycles. The summed E-state index contributed by atoms with van der Waals surface area (Å²) in [6, 6.07) is 12.3. The van der Waals surface area contributed by atoms with Crippen molar-refractivity contribution in [3.63, 3.8) is 0 Å². The molecule has 0 bridgehead atoms. The van der Waals surface area contributed by atoms with Crippen LogP contribution >= 0.6 is 0 Å². The summed E-state index contributed by atoms with van der Waals surface area (Å²) in [5.41, 5.74) is 0.935. The SMILES string of the molecule is O=C1CCC(N2C(=O)c3ccc(OCC(=O)Nc4nncn4-c4ccccc4)cc3C2=O)C(=O)N1. The number of para-hydroxylation sites is 1. The number of nitrogens with one attached hydrogen (secondary N) is 2. The molecule has 0 spiro atoms. The Labute approximate surface area is 197 Å². The normalized spacial score (nSPS) is 17.3. The summed E-state index contributed by atoms with van der Waals surface area (Å²) in [6.07, 6.45) is 1.56. The van der Waals surface area contributed by atoms with Gasteiger partial charge in [0.05, 0.1) is 16.8 Å². The van der Waals surface area contributed by atoms with E-state index in [4.69, 9.17) is 4.74 Å². The van der Waals surface area contributed by atoms with Crippen LogP contribution in [0, 0.1) is 0 Å². The average molecular weight is 474 g/mol. The number of ether oxygens (including phenoxy) is 1. The second kappa shape index (κ2) is 8.82. The highest BCUT2D eigenvalue weighted by atomic mass is 16.5. The number of anilines is 1. The molecule has 2 aliphatic rings. The van der Waals surface area contributed by atoms with Gasteiger partial charge in [0.2, 0.25) is 17.8 Å². The first-order valence-electron chi connectivity index (χ1n) is 10.7. The fourth-order valence-electron chi connectivity index (χ4n) is 3.95. The monoisotopic (exact) mass is 474 g/mol. The lowest BCUT2D eigenvalue weighted by atomic mass is 10.0. The molecule has 5 rings (SSSR count). The van der Waals surface area contributed by atoms with Gasteiger partial charge in [-0.05, 0) is 36.8 Å². The molecule has 3 aromatic rings. The van der Waals surface area contributed by atoms with Crippen LogP contribution < -0.4 is 15.4 Å². The van der Waals surface area contributed by atoms with Crippen LogP contribution in [0.2, 0.25) is 0 Å². The van der Waals surface area contributed by atoms with E-state index in [1.807, 2.05) is 30.3 Å². The van der Waals surface area contributed by atoms with E-state index in [-0.39, 0.29) is 42.3 Å². The summed E-state index contributed by atoms with van der Waals surface area (Å²) in [5, 5.41) is 12.5. The van der Waals surface area contributed by atoms with Gasteiger partial charge < -0.3 is 4.74 Å². The van der Waals surface area contributed by atoms with Crippen molar-refractivity contribution in [3.8, 4) is 11.4 Å². The van der Waals surface area contributed by atoms with Gasteiger partial charge in [-0.1, -0.05) is 18.2 Å². The van der Waals surface area contributed by atoms with Gasteiger partial charge in [0.1, 0.15) is 18.1 Å². The molecule has 12 nitrogen and oxygen atoms in total. The summed E-state index contributed by atoms with van der Waals surface area (Å²) in [4.78, 5) is 62.5. The standard InChI is InChI=1S/C23H18N6O6/c30-18-9-8-17(20(32)25-18)29-21(33)15-7-6-14(10-16(15)22(29)34)35-11-19(31)26-23-27-24-12-28(23)13-4-2-1-3-5-13/h1-7,10,12,17H,8-9,11H2,(H,25,30,32)(H,26,27,31). The third-order valence-electron chi connectivity index (χ3n) is 5.61. The second-order valence-electron chi connectivity index (χ2n) is 7.85. The van der Waals surface area contributed by atoms with Crippen LogP contribution in [0.5, 0.6) is 5.75 Å². The van der Waals surface area contributed by atoms with Crippen LogP contribution in [0.1, 0.15) is 33.6 Å². The number of rotatable bonds is 6. The quantitative estimate of drug-likeness (QED) is 0.495. The zero-order valence-corrected chi connectivity index (χ0v) is 18.1. The first kappa shape index (κ1) is 21.9. The van der Waals surface area contributed by atoms with E-state index >= 15 is 0 Å². The topological polar surface area (TPSA) is 153 Å². The van der Waals surface area contributed by atoms with Gasteiger partial charge in [-0.25, -0.2) is 0 Å². The number of imide groups is 2. The number of nitrogens with zero attached hydrogens (tertiary/aromatic N) is 4. The van der Waals surface area contributed by atoms with Crippen molar-refractivity contribution in [3.05, 3.63) is 66.0 Å². The fraction of sp³-hybridized carbons (Fsp3) is 0.174. The van der Waals surface area contributed by atoms with Gasteiger partial charge in [-0.3, -0.25) is 44.1 Å². The van der Waals surface area contributed by atoms with Crippen molar-refractivity contribution in [1.82, 2.24) is 25.0 Å². The molecule has 1 fully saturated rings. The summed E-state index contributed by atoms with van der Waals surface area (Å²) in [6.45, 7) is -0.389. The predicted molar refractivity (Wildman–Crippen MR) is 119 cm³/mol. The third kappa shape index (κ3) is 4.12. The van der Waals surface area contributed by atoms with Gasteiger partial charge >= 0.3 is 0 Å². The highest BCUT2D eigenvalue weighted by Gasteiger charge is 2.44. The van der Waals surface area contributed by atoms with E-state index in [2.05, 4.69) is 20.8 Å². The molecule has 5 amide bonds. The molecule has 35 heavy (non-hydrogen) atoms. The molecule has 1 saturated heterocycles. The van der Waals surface area contributed by atoms with Gasteiger partial charge in [0, 0.05) is 6.42 Å². The van der Waals surface area contributed by atoms with Crippen LogP contribution in [0.3, 0.4) is 0 Å². The zero-order chi connectivity index (χ0) is 24.5. The Balaban J connectivity index is 1.25. The molecule has 3 heterocycles. The Morgan fingerprint density at radius 3 is 2.60 bits per heavy atom. The Kier molecular flexibility index (Phi) is 5.53. The lowest BCUT2D eigenvalue weighted by molar-refractivity contribution is -0.136. The zero-order valence-electron chi connectivity index (χ0n) is 18.1. The lowest BCUT2D eigenvalue weighted by Crippen LogP contribution is -2.54. The minimum atomic E-state index is -1.06. The van der Waals surface area contributed by atoms with Gasteiger partial charge in [0.25, 0.3) is 17.7 Å². The Bertz CT molecular complexity index is 1370. The number of aromatic nitrogens is 3. The number of amides is 5. The molecule has 0 aliphatic carbocycles. The third-order valence-corrected chi connectivity index (χ3v) is 5.61. The van der Waals surface area contributed by atoms with Crippen LogP contribution in [-0.2, 0) is 14.4 Å². The maximum atomic E-state index is 12.9. The van der Waals surface area contributed by atoms with E-state index in [0.717, 1.165) is 10.6 Å². The molecule has 2 aromatic carbocycles. The molecule has 1 unspecified atom stereocenters. The smallest absolute Gasteiger partial charge is 0.264 e. The molecule has 2 N–H and O–H groups in total. The first-order valence-corrected chi connectivity index (χ1v) is 10.7. The second-order valence-corrected chi connectivity index (χ2v) is 7.85. The van der Waals surface area contributed by atoms with Crippen molar-refractivity contribution in [2.45, 2.75) is 18.9 Å². The van der Waals surface area contributed by atoms with Gasteiger partial charge in [0.15, 0.2) is 6.61 Å². The van der Waals surface area contributed by atoms with E-state index in [9.17, 15) is 24.0 Å². The lowest BCUT2D eigenvalue weighted by Gasteiger charge is -2.27. The molecule has 12 heteroatoms. The van der Waals surface area contributed by atoms with Gasteiger partial charge in [-0.15, -0.1) is 10.2 Å². The Morgan fingerprint density at radius 1 is 1.06 bits per heavy atom. The number of carbonyl (C=O) groups excluding carboxylic acids is 5. The number of carbonyl (C=O) groups is 5. The number of piperidine rings is 1. The summed E-state index contributed by atoms with van der Waals surface area (Å²) < 4.78 is 7.11. The molecule has 176 valence electrons. The van der Waals surface area contributed by atoms with Crippen molar-refractivity contribution in [1.29, 1.82) is 0 Å². The highest BCUT2D eigenvalue weighted by molar-refractivity contribution is 6.23. The van der Waals surface area contributed by atoms with Crippen molar-refractivity contribution in [2.75, 3.05) is 11.9 Å². The molecular weight excluding hydrogens is 456 g/mol. The maximum Gasteiger partial charge on any atom is 0.264 e. The highest BCUT2D eigenvalue weighted by Crippen LogP contribution is 2.30. The summed E-state index contributed by atoms with van der Waals surface area (Å²) in [7, 11) is 0. The molecule has 1 atom stereocenters. The largest absolute Gasteiger partial charge is 0.484 e. The summed E-state index contributed by atoms with van der Waals surface area (Å²) in [5.74, 6) is -2.53. The Hall–Kier alpha value is -4.87. The number of hydrogen-bond donors (Lipinski definition) is 2. The van der Waals surface area contributed by atoms with E-state index in [1.54, 1.807) is 4.57 Å². The maximum absolute atomic E-state index is 12.9. The van der Waals surface area contributed by atoms with E-state index < -0.39 is 35.6 Å². The fourth-order valence-corrected chi connectivity index (χ4v) is 3.95. The predicted octanol–water partition coefficient (Wildman–Crippen LogP) is 0.686. The minimum absolute atomic E-state index is 0.0331. The van der Waals surface area contributed by atoms with Gasteiger partial charge in [-0.2, -0.15) is 0 Å². The van der Waals surface area contributed by atoms with E-state index in [1.165, 1.54) is 24.5 Å². The number of benzene rings is 2. The molecule has 0 saturated carbocycles.